The van der Waals surface area contributed by atoms with Crippen LogP contribution in [0.4, 0.5) is 26.3 Å². The molecule has 0 radical (unpaired) electrons. The molecule has 0 aliphatic heterocycles. The van der Waals surface area contributed by atoms with Crippen molar-refractivity contribution < 1.29 is 26.3 Å². The Morgan fingerprint density at radius 2 is 1.50 bits per heavy atom. The Labute approximate surface area is 137 Å². The van der Waals surface area contributed by atoms with E-state index in [1.165, 1.54) is 0 Å². The number of aromatic nitrogens is 1. The van der Waals surface area contributed by atoms with Crippen LogP contribution in [0.3, 0.4) is 0 Å². The summed E-state index contributed by atoms with van der Waals surface area (Å²) in [6, 6.07) is 7.16. The van der Waals surface area contributed by atoms with E-state index in [2.05, 4.69) is 4.98 Å². The normalized spacial score (nSPS) is 13.4. The first kappa shape index (κ1) is 18.1. The van der Waals surface area contributed by atoms with E-state index in [1.54, 1.807) is 6.07 Å². The van der Waals surface area contributed by atoms with Crippen molar-refractivity contribution in [2.45, 2.75) is 18.3 Å². The van der Waals surface area contributed by atoms with Gasteiger partial charge in [-0.15, -0.1) is 0 Å². The summed E-state index contributed by atoms with van der Waals surface area (Å²) in [5, 5.41) is 8.38. The van der Waals surface area contributed by atoms with E-state index in [0.717, 1.165) is 30.3 Å². The molecule has 2 nitrogen and oxygen atoms in total. The molecule has 0 aliphatic rings. The molecule has 1 aromatic carbocycles. The molecule has 0 bridgehead atoms. The number of alkyl halides is 6. The third kappa shape index (κ3) is 3.79. The maximum Gasteiger partial charge on any atom is 0.419 e. The Balaban J connectivity index is 2.39. The maximum atomic E-state index is 12.6. The van der Waals surface area contributed by atoms with Crippen LogP contribution in [0.15, 0.2) is 36.4 Å². The van der Waals surface area contributed by atoms with E-state index in [1.807, 2.05) is 0 Å². The second-order valence-electron chi connectivity index (χ2n) is 4.75. The van der Waals surface area contributed by atoms with Gasteiger partial charge in [0, 0.05) is 0 Å². The average molecular weight is 365 g/mol. The van der Waals surface area contributed by atoms with Gasteiger partial charge in [0.1, 0.15) is 11.1 Å². The summed E-state index contributed by atoms with van der Waals surface area (Å²) in [5.74, 6) is -1.15. The summed E-state index contributed by atoms with van der Waals surface area (Å²) in [6.45, 7) is 0. The molecule has 0 spiro atoms. The minimum Gasteiger partial charge on any atom is -0.239 e. The molecule has 9 heteroatoms. The third-order valence-corrected chi connectivity index (χ3v) is 3.46. The number of nitrogens with zero attached hydrogens (tertiary/aromatic N) is 2. The van der Waals surface area contributed by atoms with Crippen LogP contribution in [0.5, 0.6) is 0 Å². The SMILES string of the molecule is N#CC(c1ccc(C(F)(F)F)cc1)c1ccc(C(F)(F)F)c(Cl)n1. The molecule has 0 aliphatic carbocycles. The number of nitriles is 1. The molecule has 1 atom stereocenters. The summed E-state index contributed by atoms with van der Waals surface area (Å²) in [7, 11) is 0. The Bertz CT molecular complexity index is 775. The second kappa shape index (κ2) is 6.32. The molecule has 1 heterocycles. The van der Waals surface area contributed by atoms with Crippen molar-refractivity contribution in [3.63, 3.8) is 0 Å². The molecule has 1 unspecified atom stereocenters. The van der Waals surface area contributed by atoms with Gasteiger partial charge in [-0.2, -0.15) is 31.6 Å². The van der Waals surface area contributed by atoms with E-state index in [0.29, 0.717) is 6.07 Å². The van der Waals surface area contributed by atoms with Crippen LogP contribution in [0.2, 0.25) is 5.15 Å². The van der Waals surface area contributed by atoms with Crippen molar-refractivity contribution in [2.24, 2.45) is 0 Å². The Morgan fingerprint density at radius 1 is 0.917 bits per heavy atom. The van der Waals surface area contributed by atoms with Crippen molar-refractivity contribution >= 4 is 11.6 Å². The van der Waals surface area contributed by atoms with E-state index < -0.39 is 34.6 Å². The van der Waals surface area contributed by atoms with Gasteiger partial charge in [0.25, 0.3) is 0 Å². The number of hydrogen-bond donors (Lipinski definition) is 0. The van der Waals surface area contributed by atoms with Crippen molar-refractivity contribution in [3.05, 3.63) is 63.9 Å². The van der Waals surface area contributed by atoms with Crippen molar-refractivity contribution in [1.82, 2.24) is 4.98 Å². The van der Waals surface area contributed by atoms with Crippen molar-refractivity contribution in [1.29, 1.82) is 5.26 Å². The van der Waals surface area contributed by atoms with E-state index in [-0.39, 0.29) is 11.3 Å². The van der Waals surface area contributed by atoms with Crippen LogP contribution in [-0.4, -0.2) is 4.98 Å². The van der Waals surface area contributed by atoms with Crippen LogP contribution >= 0.6 is 11.6 Å². The summed E-state index contributed by atoms with van der Waals surface area (Å²) in [4.78, 5) is 3.56. The van der Waals surface area contributed by atoms with Gasteiger partial charge in [-0.3, -0.25) is 0 Å². The predicted molar refractivity (Wildman–Crippen MR) is 73.1 cm³/mol. The van der Waals surface area contributed by atoms with Gasteiger partial charge in [-0.1, -0.05) is 23.7 Å². The zero-order valence-electron chi connectivity index (χ0n) is 11.6. The Kier molecular flexibility index (Phi) is 4.76. The fourth-order valence-corrected chi connectivity index (χ4v) is 2.26. The highest BCUT2D eigenvalue weighted by molar-refractivity contribution is 6.30. The van der Waals surface area contributed by atoms with Gasteiger partial charge < -0.3 is 0 Å². The van der Waals surface area contributed by atoms with E-state index in [4.69, 9.17) is 11.6 Å². The molecule has 126 valence electrons. The summed E-state index contributed by atoms with van der Waals surface area (Å²) < 4.78 is 75.5. The third-order valence-electron chi connectivity index (χ3n) is 3.17. The number of pyridine rings is 1. The van der Waals surface area contributed by atoms with Crippen LogP contribution in [0.25, 0.3) is 0 Å². The van der Waals surface area contributed by atoms with Gasteiger partial charge in [0.2, 0.25) is 0 Å². The standard InChI is InChI=1S/C15H7ClF6N2/c16-13-11(15(20,21)22)5-6-12(24-13)10(7-23)8-1-3-9(4-2-8)14(17,18)19/h1-6,10H. The largest absolute Gasteiger partial charge is 0.419 e. The van der Waals surface area contributed by atoms with Gasteiger partial charge in [-0.05, 0) is 29.8 Å². The monoisotopic (exact) mass is 364 g/mol. The molecule has 24 heavy (non-hydrogen) atoms. The molecular formula is C15H7ClF6N2. The lowest BCUT2D eigenvalue weighted by molar-refractivity contribution is -0.138. The smallest absolute Gasteiger partial charge is 0.239 e. The quantitative estimate of drug-likeness (QED) is 0.526. The first-order valence-electron chi connectivity index (χ1n) is 6.34. The summed E-state index contributed by atoms with van der Waals surface area (Å²) in [5.41, 5.74) is -1.98. The fourth-order valence-electron chi connectivity index (χ4n) is 2.00. The number of rotatable bonds is 2. The molecule has 1 aromatic heterocycles. The van der Waals surface area contributed by atoms with Crippen LogP contribution in [0, 0.1) is 11.3 Å². The number of benzene rings is 1. The van der Waals surface area contributed by atoms with Crippen LogP contribution in [0.1, 0.15) is 28.3 Å². The Hall–Kier alpha value is -2.27. The van der Waals surface area contributed by atoms with E-state index >= 15 is 0 Å². The highest BCUT2D eigenvalue weighted by Gasteiger charge is 2.34. The molecule has 0 fully saturated rings. The molecule has 0 saturated heterocycles. The Morgan fingerprint density at radius 3 is 1.92 bits per heavy atom. The zero-order valence-corrected chi connectivity index (χ0v) is 12.3. The van der Waals surface area contributed by atoms with Crippen LogP contribution < -0.4 is 0 Å². The highest BCUT2D eigenvalue weighted by Crippen LogP contribution is 2.36. The van der Waals surface area contributed by atoms with Crippen molar-refractivity contribution in [2.75, 3.05) is 0 Å². The zero-order chi connectivity index (χ0) is 18.1. The van der Waals surface area contributed by atoms with Gasteiger partial charge in [0.15, 0.2) is 0 Å². The minimum absolute atomic E-state index is 0.0877. The molecule has 2 aromatic rings. The predicted octanol–water partition coefficient (Wildman–Crippen LogP) is 5.43. The number of hydrogen-bond acceptors (Lipinski definition) is 2. The molecule has 0 amide bonds. The minimum atomic E-state index is -4.70. The molecule has 0 N–H and O–H groups in total. The molecule has 2 rings (SSSR count). The molecule has 0 saturated carbocycles. The topological polar surface area (TPSA) is 36.7 Å². The van der Waals surface area contributed by atoms with Crippen LogP contribution in [-0.2, 0) is 12.4 Å². The fraction of sp³-hybridized carbons (Fsp3) is 0.200. The summed E-state index contributed by atoms with van der Waals surface area (Å²) in [6.07, 6.45) is -9.23. The average Bonchev–Trinajstić information content (AvgIpc) is 2.46. The lowest BCUT2D eigenvalue weighted by Crippen LogP contribution is -2.10. The van der Waals surface area contributed by atoms with Gasteiger partial charge in [-0.25, -0.2) is 4.98 Å². The first-order chi connectivity index (χ1) is 11.0. The lowest BCUT2D eigenvalue weighted by atomic mass is 9.95. The van der Waals surface area contributed by atoms with Crippen molar-refractivity contribution in [3.8, 4) is 6.07 Å². The second-order valence-corrected chi connectivity index (χ2v) is 5.11. The first-order valence-corrected chi connectivity index (χ1v) is 6.72. The highest BCUT2D eigenvalue weighted by atomic mass is 35.5. The maximum absolute atomic E-state index is 12.6. The van der Waals surface area contributed by atoms with E-state index in [9.17, 15) is 31.6 Å². The van der Waals surface area contributed by atoms with Gasteiger partial charge in [0.05, 0.1) is 22.9 Å². The lowest BCUT2D eigenvalue weighted by Gasteiger charge is -2.13. The summed E-state index contributed by atoms with van der Waals surface area (Å²) >= 11 is 5.50. The van der Waals surface area contributed by atoms with Gasteiger partial charge >= 0.3 is 12.4 Å². The number of halogens is 7. The molecular weight excluding hydrogens is 358 g/mol.